The molecule has 0 aromatic rings. The molecule has 1 rings (SSSR count). The highest BCUT2D eigenvalue weighted by Crippen LogP contribution is 2.06. The standard InChI is InChI=1S/C9H19NO3/c1-8-6-10(4-5-13-8)7-9(11-2)12-3/h8-9H,4-7H2,1-3H3. The normalized spacial score (nSPS) is 25.4. The third-order valence-electron chi connectivity index (χ3n) is 2.26. The SMILES string of the molecule is COC(CN1CCOC(C)C1)OC. The molecule has 0 aliphatic carbocycles. The molecule has 13 heavy (non-hydrogen) atoms. The number of rotatable bonds is 4. The lowest BCUT2D eigenvalue weighted by molar-refractivity contribution is -0.129. The van der Waals surface area contributed by atoms with Crippen LogP contribution in [-0.4, -0.2) is 57.8 Å². The maximum Gasteiger partial charge on any atom is 0.169 e. The van der Waals surface area contributed by atoms with Crippen LogP contribution in [0.4, 0.5) is 0 Å². The van der Waals surface area contributed by atoms with Gasteiger partial charge < -0.3 is 14.2 Å². The Bertz CT molecular complexity index is 139. The summed E-state index contributed by atoms with van der Waals surface area (Å²) in [6, 6.07) is 0. The van der Waals surface area contributed by atoms with Crippen LogP contribution in [0.3, 0.4) is 0 Å². The fourth-order valence-electron chi connectivity index (χ4n) is 1.51. The molecule has 0 aromatic heterocycles. The first-order chi connectivity index (χ1) is 6.26. The van der Waals surface area contributed by atoms with Crippen molar-refractivity contribution >= 4 is 0 Å². The maximum absolute atomic E-state index is 5.43. The number of methoxy groups -OCH3 is 2. The molecule has 1 unspecified atom stereocenters. The van der Waals surface area contributed by atoms with Crippen molar-refractivity contribution in [3.05, 3.63) is 0 Å². The molecule has 1 atom stereocenters. The third-order valence-corrected chi connectivity index (χ3v) is 2.26. The van der Waals surface area contributed by atoms with Crippen LogP contribution in [0.5, 0.6) is 0 Å². The first-order valence-corrected chi connectivity index (χ1v) is 4.65. The van der Waals surface area contributed by atoms with Gasteiger partial charge in [-0.2, -0.15) is 0 Å². The predicted octanol–water partition coefficient (Wildman–Crippen LogP) is 0.326. The van der Waals surface area contributed by atoms with Gasteiger partial charge in [-0.25, -0.2) is 0 Å². The minimum Gasteiger partial charge on any atom is -0.376 e. The van der Waals surface area contributed by atoms with Crippen molar-refractivity contribution in [1.29, 1.82) is 0 Å². The fraction of sp³-hybridized carbons (Fsp3) is 1.00. The topological polar surface area (TPSA) is 30.9 Å². The molecule has 0 radical (unpaired) electrons. The number of hydrogen-bond donors (Lipinski definition) is 0. The molecule has 78 valence electrons. The van der Waals surface area contributed by atoms with Gasteiger partial charge in [0.1, 0.15) is 0 Å². The highest BCUT2D eigenvalue weighted by Gasteiger charge is 2.19. The molecule has 0 amide bonds. The Morgan fingerprint density at radius 1 is 1.46 bits per heavy atom. The Morgan fingerprint density at radius 3 is 2.69 bits per heavy atom. The van der Waals surface area contributed by atoms with Gasteiger partial charge in [0.2, 0.25) is 0 Å². The zero-order chi connectivity index (χ0) is 9.68. The van der Waals surface area contributed by atoms with Gasteiger partial charge in [0.25, 0.3) is 0 Å². The van der Waals surface area contributed by atoms with Crippen molar-refractivity contribution in [3.63, 3.8) is 0 Å². The van der Waals surface area contributed by atoms with Gasteiger partial charge in [0.15, 0.2) is 6.29 Å². The largest absolute Gasteiger partial charge is 0.376 e. The summed E-state index contributed by atoms with van der Waals surface area (Å²) in [5.41, 5.74) is 0. The first-order valence-electron chi connectivity index (χ1n) is 4.65. The average molecular weight is 189 g/mol. The zero-order valence-electron chi connectivity index (χ0n) is 8.66. The molecule has 0 N–H and O–H groups in total. The Labute approximate surface area is 79.8 Å². The first kappa shape index (κ1) is 10.9. The predicted molar refractivity (Wildman–Crippen MR) is 49.7 cm³/mol. The molecule has 1 aliphatic rings. The van der Waals surface area contributed by atoms with E-state index in [1.165, 1.54) is 0 Å². The Morgan fingerprint density at radius 2 is 2.15 bits per heavy atom. The number of nitrogens with zero attached hydrogens (tertiary/aromatic N) is 1. The summed E-state index contributed by atoms with van der Waals surface area (Å²) in [5, 5.41) is 0. The molecule has 4 heteroatoms. The molecule has 0 saturated carbocycles. The Hall–Kier alpha value is -0.160. The van der Waals surface area contributed by atoms with E-state index < -0.39 is 0 Å². The molecular weight excluding hydrogens is 170 g/mol. The summed E-state index contributed by atoms with van der Waals surface area (Å²) in [6.45, 7) is 5.64. The van der Waals surface area contributed by atoms with Crippen LogP contribution in [0.1, 0.15) is 6.92 Å². The van der Waals surface area contributed by atoms with Crippen LogP contribution in [0.15, 0.2) is 0 Å². The molecule has 1 fully saturated rings. The van der Waals surface area contributed by atoms with E-state index in [1.807, 2.05) is 0 Å². The van der Waals surface area contributed by atoms with Gasteiger partial charge in [-0.05, 0) is 6.92 Å². The number of hydrogen-bond acceptors (Lipinski definition) is 4. The second-order valence-corrected chi connectivity index (χ2v) is 3.34. The summed E-state index contributed by atoms with van der Waals surface area (Å²) in [7, 11) is 3.33. The van der Waals surface area contributed by atoms with Crippen molar-refractivity contribution in [2.45, 2.75) is 19.3 Å². The van der Waals surface area contributed by atoms with Crippen molar-refractivity contribution in [1.82, 2.24) is 4.90 Å². The van der Waals surface area contributed by atoms with E-state index in [-0.39, 0.29) is 6.29 Å². The quantitative estimate of drug-likeness (QED) is 0.596. The smallest absolute Gasteiger partial charge is 0.169 e. The monoisotopic (exact) mass is 189 g/mol. The summed E-state index contributed by atoms with van der Waals surface area (Å²) in [4.78, 5) is 2.30. The van der Waals surface area contributed by atoms with Gasteiger partial charge in [0.05, 0.1) is 12.7 Å². The molecule has 1 heterocycles. The van der Waals surface area contributed by atoms with Crippen molar-refractivity contribution in [2.24, 2.45) is 0 Å². The summed E-state index contributed by atoms with van der Waals surface area (Å²) >= 11 is 0. The maximum atomic E-state index is 5.43. The molecule has 4 nitrogen and oxygen atoms in total. The second kappa shape index (κ2) is 5.54. The van der Waals surface area contributed by atoms with Crippen LogP contribution in [0.25, 0.3) is 0 Å². The third kappa shape index (κ3) is 3.60. The summed E-state index contributed by atoms with van der Waals surface area (Å²) < 4.78 is 15.7. The number of morpholine rings is 1. The number of ether oxygens (including phenoxy) is 3. The van der Waals surface area contributed by atoms with E-state index in [9.17, 15) is 0 Å². The van der Waals surface area contributed by atoms with Gasteiger partial charge in [-0.1, -0.05) is 0 Å². The van der Waals surface area contributed by atoms with Crippen LogP contribution in [0, 0.1) is 0 Å². The molecule has 0 bridgehead atoms. The zero-order valence-corrected chi connectivity index (χ0v) is 8.66. The van der Waals surface area contributed by atoms with Crippen LogP contribution in [0.2, 0.25) is 0 Å². The highest BCUT2D eigenvalue weighted by molar-refractivity contribution is 4.68. The van der Waals surface area contributed by atoms with E-state index >= 15 is 0 Å². The van der Waals surface area contributed by atoms with Crippen LogP contribution < -0.4 is 0 Å². The van der Waals surface area contributed by atoms with Crippen LogP contribution >= 0.6 is 0 Å². The summed E-state index contributed by atoms with van der Waals surface area (Å²) in [5.74, 6) is 0. The fourth-order valence-corrected chi connectivity index (χ4v) is 1.51. The van der Waals surface area contributed by atoms with Crippen molar-refractivity contribution < 1.29 is 14.2 Å². The van der Waals surface area contributed by atoms with Gasteiger partial charge in [-0.15, -0.1) is 0 Å². The van der Waals surface area contributed by atoms with E-state index in [0.717, 1.165) is 26.2 Å². The molecule has 0 spiro atoms. The molecular formula is C9H19NO3. The second-order valence-electron chi connectivity index (χ2n) is 3.34. The van der Waals surface area contributed by atoms with E-state index in [4.69, 9.17) is 14.2 Å². The minimum atomic E-state index is -0.120. The summed E-state index contributed by atoms with van der Waals surface area (Å²) in [6.07, 6.45) is 0.202. The Kier molecular flexibility index (Phi) is 4.66. The lowest BCUT2D eigenvalue weighted by atomic mass is 10.3. The molecule has 1 saturated heterocycles. The van der Waals surface area contributed by atoms with Crippen molar-refractivity contribution in [2.75, 3.05) is 40.5 Å². The molecule has 1 aliphatic heterocycles. The van der Waals surface area contributed by atoms with Gasteiger partial charge >= 0.3 is 0 Å². The molecule has 0 aromatic carbocycles. The Balaban J connectivity index is 2.26. The minimum absolute atomic E-state index is 0.120. The van der Waals surface area contributed by atoms with Gasteiger partial charge in [0, 0.05) is 33.9 Å². The van der Waals surface area contributed by atoms with Crippen LogP contribution in [-0.2, 0) is 14.2 Å². The highest BCUT2D eigenvalue weighted by atomic mass is 16.7. The van der Waals surface area contributed by atoms with Crippen molar-refractivity contribution in [3.8, 4) is 0 Å². The van der Waals surface area contributed by atoms with E-state index in [0.29, 0.717) is 6.10 Å². The van der Waals surface area contributed by atoms with E-state index in [2.05, 4.69) is 11.8 Å². The van der Waals surface area contributed by atoms with E-state index in [1.54, 1.807) is 14.2 Å². The van der Waals surface area contributed by atoms with Gasteiger partial charge in [-0.3, -0.25) is 4.90 Å². The lowest BCUT2D eigenvalue weighted by Gasteiger charge is -2.32. The lowest BCUT2D eigenvalue weighted by Crippen LogP contribution is -2.45. The average Bonchev–Trinajstić information content (AvgIpc) is 2.14.